The molecule has 5 N–H and O–H groups in total. The first kappa shape index (κ1) is 10.8. The number of likely N-dealkylation sites (N-methyl/N-ethyl adjacent to an activating group) is 1. The van der Waals surface area contributed by atoms with Crippen LogP contribution < -0.4 is 5.32 Å². The standard InChI is InChI=1S/C7H15NO5/c1-8-4-6(11)5(10)3(2-9)13-7(4)12/h3-12H,2H2,1H3/t3?,4?,5?,6?,7-/m0/s1. The lowest BCUT2D eigenvalue weighted by Gasteiger charge is -2.39. The Morgan fingerprint density at radius 3 is 2.31 bits per heavy atom. The predicted octanol–water partition coefficient (Wildman–Crippen LogP) is -2.99. The fourth-order valence-corrected chi connectivity index (χ4v) is 1.41. The average molecular weight is 193 g/mol. The molecular formula is C7H15NO5. The second-order valence-electron chi connectivity index (χ2n) is 3.04. The Balaban J connectivity index is 2.66. The first-order valence-corrected chi connectivity index (χ1v) is 4.09. The van der Waals surface area contributed by atoms with Gasteiger partial charge < -0.3 is 30.5 Å². The van der Waals surface area contributed by atoms with Crippen LogP contribution in [-0.2, 0) is 4.74 Å². The molecule has 1 fully saturated rings. The normalized spacial score (nSPS) is 46.4. The Kier molecular flexibility index (Phi) is 3.60. The van der Waals surface area contributed by atoms with E-state index in [0.717, 1.165) is 0 Å². The lowest BCUT2D eigenvalue weighted by Crippen LogP contribution is -2.62. The molecule has 1 aliphatic rings. The number of ether oxygens (including phenoxy) is 1. The number of hydrogen-bond donors (Lipinski definition) is 5. The predicted molar refractivity (Wildman–Crippen MR) is 42.8 cm³/mol. The van der Waals surface area contributed by atoms with Crippen LogP contribution in [0.1, 0.15) is 0 Å². The Morgan fingerprint density at radius 2 is 1.85 bits per heavy atom. The van der Waals surface area contributed by atoms with Gasteiger partial charge in [0, 0.05) is 0 Å². The quantitative estimate of drug-likeness (QED) is 0.320. The SMILES string of the molecule is CNC1C(O)C(O)C(CO)O[C@@H]1O. The highest BCUT2D eigenvalue weighted by Gasteiger charge is 2.42. The highest BCUT2D eigenvalue weighted by Crippen LogP contribution is 2.18. The average Bonchev–Trinajstić information content (AvgIpc) is 2.12. The van der Waals surface area contributed by atoms with Gasteiger partial charge in [-0.2, -0.15) is 0 Å². The minimum absolute atomic E-state index is 0.439. The summed E-state index contributed by atoms with van der Waals surface area (Å²) in [6.07, 6.45) is -4.49. The van der Waals surface area contributed by atoms with E-state index >= 15 is 0 Å². The lowest BCUT2D eigenvalue weighted by molar-refractivity contribution is -0.253. The number of aliphatic hydroxyl groups is 4. The zero-order chi connectivity index (χ0) is 10.0. The molecule has 5 atom stereocenters. The minimum atomic E-state index is -1.22. The van der Waals surface area contributed by atoms with Crippen LogP contribution in [0.2, 0.25) is 0 Å². The summed E-state index contributed by atoms with van der Waals surface area (Å²) in [5, 5.41) is 39.4. The van der Waals surface area contributed by atoms with Gasteiger partial charge in [-0.15, -0.1) is 0 Å². The zero-order valence-electron chi connectivity index (χ0n) is 7.29. The summed E-state index contributed by atoms with van der Waals surface area (Å²) >= 11 is 0. The molecule has 6 nitrogen and oxygen atoms in total. The van der Waals surface area contributed by atoms with Crippen molar-refractivity contribution in [2.24, 2.45) is 0 Å². The molecule has 0 saturated carbocycles. The molecule has 1 heterocycles. The van der Waals surface area contributed by atoms with Crippen molar-refractivity contribution in [2.45, 2.75) is 30.6 Å². The van der Waals surface area contributed by atoms with Gasteiger partial charge in [0.25, 0.3) is 0 Å². The van der Waals surface area contributed by atoms with Crippen molar-refractivity contribution in [3.8, 4) is 0 Å². The van der Waals surface area contributed by atoms with Gasteiger partial charge in [-0.3, -0.25) is 0 Å². The van der Waals surface area contributed by atoms with Crippen LogP contribution in [0.15, 0.2) is 0 Å². The van der Waals surface area contributed by atoms with E-state index in [1.54, 1.807) is 0 Å². The van der Waals surface area contributed by atoms with E-state index < -0.39 is 37.3 Å². The second-order valence-corrected chi connectivity index (χ2v) is 3.04. The van der Waals surface area contributed by atoms with Crippen LogP contribution in [0, 0.1) is 0 Å². The largest absolute Gasteiger partial charge is 0.394 e. The van der Waals surface area contributed by atoms with E-state index in [-0.39, 0.29) is 0 Å². The van der Waals surface area contributed by atoms with Gasteiger partial charge in [0.1, 0.15) is 18.3 Å². The molecule has 0 amide bonds. The third-order valence-corrected chi connectivity index (χ3v) is 2.23. The number of aliphatic hydroxyl groups excluding tert-OH is 4. The van der Waals surface area contributed by atoms with Gasteiger partial charge in [-0.25, -0.2) is 0 Å². The first-order valence-electron chi connectivity index (χ1n) is 4.09. The molecule has 0 radical (unpaired) electrons. The maximum absolute atomic E-state index is 9.45. The maximum atomic E-state index is 9.45. The van der Waals surface area contributed by atoms with E-state index in [4.69, 9.17) is 9.84 Å². The maximum Gasteiger partial charge on any atom is 0.173 e. The third-order valence-electron chi connectivity index (χ3n) is 2.23. The Bertz CT molecular complexity index is 167. The van der Waals surface area contributed by atoms with Crippen LogP contribution in [0.25, 0.3) is 0 Å². The van der Waals surface area contributed by atoms with E-state index in [9.17, 15) is 15.3 Å². The molecule has 1 saturated heterocycles. The van der Waals surface area contributed by atoms with Gasteiger partial charge in [-0.05, 0) is 7.05 Å². The van der Waals surface area contributed by atoms with Crippen molar-refractivity contribution >= 4 is 0 Å². The molecule has 0 bridgehead atoms. The molecular weight excluding hydrogens is 178 g/mol. The summed E-state index contributed by atoms with van der Waals surface area (Å²) in [6, 6.07) is -0.738. The van der Waals surface area contributed by atoms with E-state index in [1.807, 2.05) is 0 Å². The molecule has 1 rings (SSSR count). The third kappa shape index (κ3) is 1.98. The fourth-order valence-electron chi connectivity index (χ4n) is 1.41. The summed E-state index contributed by atoms with van der Waals surface area (Å²) in [6.45, 7) is -0.439. The van der Waals surface area contributed by atoms with Crippen LogP contribution in [0.3, 0.4) is 0 Å². The van der Waals surface area contributed by atoms with Gasteiger partial charge in [-0.1, -0.05) is 0 Å². The Hall–Kier alpha value is -0.240. The first-order chi connectivity index (χ1) is 6.11. The number of rotatable bonds is 2. The van der Waals surface area contributed by atoms with E-state index in [0.29, 0.717) is 0 Å². The van der Waals surface area contributed by atoms with Crippen LogP contribution in [0.5, 0.6) is 0 Å². The van der Waals surface area contributed by atoms with Crippen molar-refractivity contribution < 1.29 is 25.2 Å². The van der Waals surface area contributed by atoms with Crippen molar-refractivity contribution in [1.29, 1.82) is 0 Å². The summed E-state index contributed by atoms with van der Waals surface area (Å²) in [5.41, 5.74) is 0. The fraction of sp³-hybridized carbons (Fsp3) is 1.00. The molecule has 0 aliphatic carbocycles. The Morgan fingerprint density at radius 1 is 1.23 bits per heavy atom. The van der Waals surface area contributed by atoms with Gasteiger partial charge >= 0.3 is 0 Å². The number of hydrogen-bond acceptors (Lipinski definition) is 6. The van der Waals surface area contributed by atoms with Crippen molar-refractivity contribution in [1.82, 2.24) is 5.32 Å². The van der Waals surface area contributed by atoms with E-state index in [1.165, 1.54) is 7.05 Å². The molecule has 0 spiro atoms. The smallest absolute Gasteiger partial charge is 0.173 e. The topological polar surface area (TPSA) is 102 Å². The highest BCUT2D eigenvalue weighted by atomic mass is 16.6. The Labute approximate surface area is 75.8 Å². The summed E-state index contributed by atoms with van der Waals surface area (Å²) in [5.74, 6) is 0. The van der Waals surface area contributed by atoms with Gasteiger partial charge in [0.2, 0.25) is 0 Å². The minimum Gasteiger partial charge on any atom is -0.394 e. The van der Waals surface area contributed by atoms with Gasteiger partial charge in [0.05, 0.1) is 12.6 Å². The van der Waals surface area contributed by atoms with Gasteiger partial charge in [0.15, 0.2) is 6.29 Å². The molecule has 0 aromatic rings. The number of nitrogens with one attached hydrogen (secondary N) is 1. The molecule has 4 unspecified atom stereocenters. The monoisotopic (exact) mass is 193 g/mol. The van der Waals surface area contributed by atoms with Crippen molar-refractivity contribution in [3.63, 3.8) is 0 Å². The zero-order valence-corrected chi connectivity index (χ0v) is 7.29. The van der Waals surface area contributed by atoms with E-state index in [2.05, 4.69) is 5.32 Å². The molecule has 6 heteroatoms. The summed E-state index contributed by atoms with van der Waals surface area (Å²) in [4.78, 5) is 0. The lowest BCUT2D eigenvalue weighted by atomic mass is 9.97. The summed E-state index contributed by atoms with van der Waals surface area (Å²) < 4.78 is 4.85. The van der Waals surface area contributed by atoms with Crippen LogP contribution in [0.4, 0.5) is 0 Å². The molecule has 13 heavy (non-hydrogen) atoms. The second kappa shape index (κ2) is 4.32. The van der Waals surface area contributed by atoms with Crippen molar-refractivity contribution in [3.05, 3.63) is 0 Å². The van der Waals surface area contributed by atoms with Crippen LogP contribution in [-0.4, -0.2) is 64.7 Å². The van der Waals surface area contributed by atoms with Crippen molar-refractivity contribution in [2.75, 3.05) is 13.7 Å². The molecule has 1 aliphatic heterocycles. The molecule has 0 aromatic heterocycles. The highest BCUT2D eigenvalue weighted by molar-refractivity contribution is 4.91. The summed E-state index contributed by atoms with van der Waals surface area (Å²) in [7, 11) is 1.53. The van der Waals surface area contributed by atoms with Crippen LogP contribution >= 0.6 is 0 Å². The molecule has 0 aromatic carbocycles. The molecule has 78 valence electrons.